The summed E-state index contributed by atoms with van der Waals surface area (Å²) in [5, 5.41) is 11.1. The average Bonchev–Trinajstić information content (AvgIpc) is 2.38. The molecule has 3 heteroatoms. The minimum Gasteiger partial charge on any atom is -0.496 e. The van der Waals surface area contributed by atoms with Crippen molar-refractivity contribution in [2.24, 2.45) is 0 Å². The number of rotatable bonds is 4. The van der Waals surface area contributed by atoms with E-state index < -0.39 is 5.60 Å². The van der Waals surface area contributed by atoms with Gasteiger partial charge in [0.05, 0.1) is 12.7 Å². The van der Waals surface area contributed by atoms with Crippen LogP contribution >= 0.6 is 0 Å². The van der Waals surface area contributed by atoms with E-state index in [-0.39, 0.29) is 5.92 Å². The maximum atomic E-state index is 11.1. The highest BCUT2D eigenvalue weighted by Crippen LogP contribution is 2.44. The molecule has 106 valence electrons. The van der Waals surface area contributed by atoms with Crippen molar-refractivity contribution in [2.75, 3.05) is 27.7 Å². The summed E-state index contributed by atoms with van der Waals surface area (Å²) in [6.07, 6.45) is 4.19. The molecule has 2 atom stereocenters. The molecule has 0 radical (unpaired) electrons. The van der Waals surface area contributed by atoms with Crippen LogP contribution in [0.25, 0.3) is 0 Å². The largest absolute Gasteiger partial charge is 0.496 e. The van der Waals surface area contributed by atoms with Gasteiger partial charge < -0.3 is 14.7 Å². The zero-order valence-electron chi connectivity index (χ0n) is 12.2. The van der Waals surface area contributed by atoms with Gasteiger partial charge in [0.15, 0.2) is 0 Å². The molecule has 1 N–H and O–H groups in total. The second-order valence-electron chi connectivity index (χ2n) is 5.88. The molecule has 0 saturated heterocycles. The highest BCUT2D eigenvalue weighted by molar-refractivity contribution is 5.38. The number of methoxy groups -OCH3 is 1. The molecule has 0 spiro atoms. The topological polar surface area (TPSA) is 32.7 Å². The van der Waals surface area contributed by atoms with Crippen molar-refractivity contribution in [3.8, 4) is 5.75 Å². The van der Waals surface area contributed by atoms with Gasteiger partial charge in [-0.15, -0.1) is 0 Å². The summed E-state index contributed by atoms with van der Waals surface area (Å²) in [4.78, 5) is 2.08. The maximum absolute atomic E-state index is 11.1. The molecule has 0 aliphatic heterocycles. The smallest absolute Gasteiger partial charge is 0.122 e. The van der Waals surface area contributed by atoms with Gasteiger partial charge in [-0.05, 0) is 33.0 Å². The number of para-hydroxylation sites is 1. The quantitative estimate of drug-likeness (QED) is 0.906. The summed E-state index contributed by atoms with van der Waals surface area (Å²) in [6, 6.07) is 8.09. The van der Waals surface area contributed by atoms with Crippen LogP contribution < -0.4 is 4.74 Å². The Bertz CT molecular complexity index is 419. The molecule has 2 rings (SSSR count). The molecular formula is C16H25NO2. The maximum Gasteiger partial charge on any atom is 0.122 e. The highest BCUT2D eigenvalue weighted by Gasteiger charge is 2.41. The first-order valence-electron chi connectivity index (χ1n) is 7.07. The fourth-order valence-electron chi connectivity index (χ4n) is 3.36. The number of hydrogen-bond acceptors (Lipinski definition) is 3. The van der Waals surface area contributed by atoms with E-state index in [1.807, 2.05) is 32.3 Å². The van der Waals surface area contributed by atoms with Crippen molar-refractivity contribution < 1.29 is 9.84 Å². The summed E-state index contributed by atoms with van der Waals surface area (Å²) in [7, 11) is 5.74. The van der Waals surface area contributed by atoms with E-state index in [9.17, 15) is 5.11 Å². The molecule has 1 fully saturated rings. The number of ether oxygens (including phenoxy) is 1. The van der Waals surface area contributed by atoms with Crippen molar-refractivity contribution in [3.63, 3.8) is 0 Å². The van der Waals surface area contributed by atoms with Crippen LogP contribution in [0.1, 0.15) is 37.2 Å². The Kier molecular flexibility index (Phi) is 4.48. The fourth-order valence-corrected chi connectivity index (χ4v) is 3.36. The lowest BCUT2D eigenvalue weighted by Crippen LogP contribution is -2.47. The highest BCUT2D eigenvalue weighted by atomic mass is 16.5. The van der Waals surface area contributed by atoms with Crippen LogP contribution in [0.15, 0.2) is 24.3 Å². The molecule has 3 nitrogen and oxygen atoms in total. The van der Waals surface area contributed by atoms with E-state index in [1.54, 1.807) is 7.11 Å². The Morgan fingerprint density at radius 1 is 1.32 bits per heavy atom. The summed E-state index contributed by atoms with van der Waals surface area (Å²) in [5.74, 6) is 1.06. The van der Waals surface area contributed by atoms with Crippen LogP contribution in [-0.4, -0.2) is 43.4 Å². The second kappa shape index (κ2) is 5.93. The first-order chi connectivity index (χ1) is 9.07. The minimum atomic E-state index is -0.642. The Morgan fingerprint density at radius 3 is 2.74 bits per heavy atom. The molecule has 0 bridgehead atoms. The summed E-state index contributed by atoms with van der Waals surface area (Å²) >= 11 is 0. The van der Waals surface area contributed by atoms with Gasteiger partial charge in [-0.1, -0.05) is 31.0 Å². The van der Waals surface area contributed by atoms with E-state index >= 15 is 0 Å². The van der Waals surface area contributed by atoms with Gasteiger partial charge in [0, 0.05) is 18.0 Å². The third kappa shape index (κ3) is 3.10. The fraction of sp³-hybridized carbons (Fsp3) is 0.625. The monoisotopic (exact) mass is 263 g/mol. The number of hydrogen-bond donors (Lipinski definition) is 1. The van der Waals surface area contributed by atoms with Gasteiger partial charge in [-0.3, -0.25) is 0 Å². The van der Waals surface area contributed by atoms with E-state index in [1.165, 1.54) is 6.42 Å². The van der Waals surface area contributed by atoms with Gasteiger partial charge in [-0.2, -0.15) is 0 Å². The Balaban J connectivity index is 2.33. The third-order valence-electron chi connectivity index (χ3n) is 4.11. The van der Waals surface area contributed by atoms with Crippen molar-refractivity contribution >= 4 is 0 Å². The second-order valence-corrected chi connectivity index (χ2v) is 5.88. The molecule has 1 aromatic rings. The molecule has 0 aromatic heterocycles. The predicted molar refractivity (Wildman–Crippen MR) is 77.7 cm³/mol. The molecule has 1 aliphatic rings. The van der Waals surface area contributed by atoms with Gasteiger partial charge >= 0.3 is 0 Å². The van der Waals surface area contributed by atoms with Gasteiger partial charge in [0.1, 0.15) is 5.75 Å². The lowest BCUT2D eigenvalue weighted by Gasteiger charge is -2.42. The first kappa shape index (κ1) is 14.4. The predicted octanol–water partition coefficient (Wildman–Crippen LogP) is 2.65. The lowest BCUT2D eigenvalue weighted by atomic mass is 9.71. The van der Waals surface area contributed by atoms with Crippen LogP contribution in [0.4, 0.5) is 0 Å². The summed E-state index contributed by atoms with van der Waals surface area (Å²) < 4.78 is 5.47. The van der Waals surface area contributed by atoms with Crippen LogP contribution in [0.2, 0.25) is 0 Å². The third-order valence-corrected chi connectivity index (χ3v) is 4.11. The first-order valence-corrected chi connectivity index (χ1v) is 7.07. The van der Waals surface area contributed by atoms with Crippen molar-refractivity contribution in [3.05, 3.63) is 29.8 Å². The summed E-state index contributed by atoms with van der Waals surface area (Å²) in [6.45, 7) is 0.704. The normalized spacial score (nSPS) is 27.5. The molecule has 19 heavy (non-hydrogen) atoms. The van der Waals surface area contributed by atoms with Crippen LogP contribution in [0, 0.1) is 0 Å². The molecule has 1 aliphatic carbocycles. The zero-order valence-corrected chi connectivity index (χ0v) is 12.2. The number of likely N-dealkylation sites (N-methyl/N-ethyl adjacent to an activating group) is 1. The number of nitrogens with zero attached hydrogens (tertiary/aromatic N) is 1. The Hall–Kier alpha value is -1.06. The molecular weight excluding hydrogens is 238 g/mol. The van der Waals surface area contributed by atoms with Gasteiger partial charge in [0.2, 0.25) is 0 Å². The van der Waals surface area contributed by atoms with Crippen LogP contribution in [0.5, 0.6) is 5.75 Å². The standard InChI is InChI=1S/C16H25NO2/c1-17(2)12-16(18)11-7-6-9-14(16)13-8-4-5-10-15(13)19-3/h4-5,8,10,14,18H,6-7,9,11-12H2,1-3H3. The van der Waals surface area contributed by atoms with Crippen molar-refractivity contribution in [1.82, 2.24) is 4.90 Å². The van der Waals surface area contributed by atoms with E-state index in [2.05, 4.69) is 11.0 Å². The lowest BCUT2D eigenvalue weighted by molar-refractivity contribution is -0.0358. The molecule has 1 aromatic carbocycles. The SMILES string of the molecule is COc1ccccc1C1CCCCC1(O)CN(C)C. The van der Waals surface area contributed by atoms with Crippen molar-refractivity contribution in [1.29, 1.82) is 0 Å². The average molecular weight is 263 g/mol. The molecule has 1 saturated carbocycles. The molecule has 0 amide bonds. The number of aliphatic hydroxyl groups is 1. The van der Waals surface area contributed by atoms with E-state index in [0.29, 0.717) is 6.54 Å². The van der Waals surface area contributed by atoms with E-state index in [0.717, 1.165) is 30.6 Å². The van der Waals surface area contributed by atoms with Gasteiger partial charge in [-0.25, -0.2) is 0 Å². The minimum absolute atomic E-state index is 0.166. The molecule has 2 unspecified atom stereocenters. The van der Waals surface area contributed by atoms with Gasteiger partial charge in [0.25, 0.3) is 0 Å². The molecule has 0 heterocycles. The Labute approximate surface area is 116 Å². The van der Waals surface area contributed by atoms with E-state index in [4.69, 9.17) is 4.74 Å². The zero-order chi connectivity index (χ0) is 13.9. The van der Waals surface area contributed by atoms with Crippen LogP contribution in [0.3, 0.4) is 0 Å². The number of benzene rings is 1. The van der Waals surface area contributed by atoms with Crippen molar-refractivity contribution in [2.45, 2.75) is 37.2 Å². The summed E-state index contributed by atoms with van der Waals surface area (Å²) in [5.41, 5.74) is 0.505. The Morgan fingerprint density at radius 2 is 2.05 bits per heavy atom. The van der Waals surface area contributed by atoms with Crippen LogP contribution in [-0.2, 0) is 0 Å².